The first-order valence-corrected chi connectivity index (χ1v) is 5.29. The first-order valence-electron chi connectivity index (χ1n) is 4.92. The Kier molecular flexibility index (Phi) is 2.78. The molecule has 0 radical (unpaired) electrons. The molecule has 2 rings (SSSR count). The van der Waals surface area contributed by atoms with Gasteiger partial charge in [-0.25, -0.2) is 0 Å². The fourth-order valence-corrected chi connectivity index (χ4v) is 1.90. The predicted octanol–water partition coefficient (Wildman–Crippen LogP) is 2.81. The van der Waals surface area contributed by atoms with E-state index >= 15 is 0 Å². The molecule has 78 valence electrons. The molecule has 0 fully saturated rings. The van der Waals surface area contributed by atoms with Gasteiger partial charge in [0, 0.05) is 6.07 Å². The van der Waals surface area contributed by atoms with Crippen molar-refractivity contribution in [2.75, 3.05) is 7.11 Å². The van der Waals surface area contributed by atoms with Gasteiger partial charge in [0.15, 0.2) is 6.20 Å². The van der Waals surface area contributed by atoms with Gasteiger partial charge >= 0.3 is 0 Å². The van der Waals surface area contributed by atoms with Crippen molar-refractivity contribution in [1.82, 2.24) is 0 Å². The number of hydrogen-bond donors (Lipinski definition) is 0. The Bertz CT molecular complexity index is 496. The van der Waals surface area contributed by atoms with E-state index < -0.39 is 0 Å². The summed E-state index contributed by atoms with van der Waals surface area (Å²) >= 11 is 6.13. The van der Waals surface area contributed by atoms with Gasteiger partial charge in [0.2, 0.25) is 5.52 Å². The van der Waals surface area contributed by atoms with Gasteiger partial charge in [-0.15, -0.1) is 0 Å². The highest BCUT2D eigenvalue weighted by Crippen LogP contribution is 2.24. The standard InChI is InChI=1S/C12H13ClNO/c1-3-14-7-6-11(13)10-5-4-9(15-2)8-12(10)14/h4-8H,3H2,1-2H3/q+1. The van der Waals surface area contributed by atoms with Crippen molar-refractivity contribution in [3.05, 3.63) is 35.5 Å². The molecule has 0 saturated carbocycles. The smallest absolute Gasteiger partial charge is 0.217 e. The Morgan fingerprint density at radius 2 is 2.13 bits per heavy atom. The number of aromatic nitrogens is 1. The molecule has 0 N–H and O–H groups in total. The number of hydrogen-bond acceptors (Lipinski definition) is 1. The molecule has 0 spiro atoms. The van der Waals surface area contributed by atoms with E-state index in [2.05, 4.69) is 11.5 Å². The zero-order valence-electron chi connectivity index (χ0n) is 8.83. The average molecular weight is 223 g/mol. The Hall–Kier alpha value is -1.28. The third kappa shape index (κ3) is 1.77. The fourth-order valence-electron chi connectivity index (χ4n) is 1.68. The second kappa shape index (κ2) is 4.07. The molecular weight excluding hydrogens is 210 g/mol. The molecule has 0 amide bonds. The summed E-state index contributed by atoms with van der Waals surface area (Å²) in [6, 6.07) is 7.83. The summed E-state index contributed by atoms with van der Waals surface area (Å²) in [4.78, 5) is 0. The van der Waals surface area contributed by atoms with Gasteiger partial charge in [0.05, 0.1) is 23.6 Å². The molecule has 1 aromatic carbocycles. The maximum atomic E-state index is 6.13. The Labute approximate surface area is 94.1 Å². The molecule has 0 aliphatic rings. The Morgan fingerprint density at radius 1 is 1.33 bits per heavy atom. The predicted molar refractivity (Wildman–Crippen MR) is 61.4 cm³/mol. The van der Waals surface area contributed by atoms with Gasteiger partial charge in [-0.2, -0.15) is 4.57 Å². The molecule has 0 unspecified atom stereocenters. The van der Waals surface area contributed by atoms with Gasteiger partial charge in [-0.1, -0.05) is 11.6 Å². The largest absolute Gasteiger partial charge is 0.497 e. The van der Waals surface area contributed by atoms with Crippen LogP contribution in [-0.4, -0.2) is 7.11 Å². The number of halogens is 1. The van der Waals surface area contributed by atoms with Crippen molar-refractivity contribution in [3.63, 3.8) is 0 Å². The normalized spacial score (nSPS) is 10.6. The Balaban J connectivity index is 2.77. The lowest BCUT2D eigenvalue weighted by Gasteiger charge is -2.03. The molecule has 15 heavy (non-hydrogen) atoms. The van der Waals surface area contributed by atoms with Gasteiger partial charge in [-0.3, -0.25) is 0 Å². The molecule has 0 atom stereocenters. The summed E-state index contributed by atoms with van der Waals surface area (Å²) in [6.07, 6.45) is 1.99. The van der Waals surface area contributed by atoms with E-state index in [9.17, 15) is 0 Å². The number of pyridine rings is 1. The van der Waals surface area contributed by atoms with Crippen LogP contribution in [0.25, 0.3) is 10.9 Å². The number of benzene rings is 1. The van der Waals surface area contributed by atoms with Crippen LogP contribution in [0, 0.1) is 0 Å². The van der Waals surface area contributed by atoms with Crippen molar-refractivity contribution in [1.29, 1.82) is 0 Å². The third-order valence-electron chi connectivity index (χ3n) is 2.51. The topological polar surface area (TPSA) is 13.1 Å². The summed E-state index contributed by atoms with van der Waals surface area (Å²) in [5.74, 6) is 0.854. The molecular formula is C12H13ClNO+. The van der Waals surface area contributed by atoms with Crippen LogP contribution in [-0.2, 0) is 6.54 Å². The average Bonchev–Trinajstić information content (AvgIpc) is 2.29. The minimum atomic E-state index is 0.775. The molecule has 0 saturated heterocycles. The van der Waals surface area contributed by atoms with Crippen LogP contribution in [0.4, 0.5) is 0 Å². The number of aryl methyl sites for hydroxylation is 1. The summed E-state index contributed by atoms with van der Waals surface area (Å²) in [5, 5.41) is 1.83. The molecule has 0 bridgehead atoms. The van der Waals surface area contributed by atoms with Crippen LogP contribution < -0.4 is 9.30 Å². The zero-order valence-corrected chi connectivity index (χ0v) is 9.58. The van der Waals surface area contributed by atoms with Gasteiger partial charge in [0.25, 0.3) is 0 Å². The van der Waals surface area contributed by atoms with Crippen LogP contribution in [0.15, 0.2) is 30.5 Å². The maximum absolute atomic E-state index is 6.13. The third-order valence-corrected chi connectivity index (χ3v) is 2.84. The van der Waals surface area contributed by atoms with E-state index in [0.717, 1.165) is 28.2 Å². The molecule has 2 nitrogen and oxygen atoms in total. The van der Waals surface area contributed by atoms with Crippen LogP contribution in [0.5, 0.6) is 5.75 Å². The van der Waals surface area contributed by atoms with E-state index in [0.29, 0.717) is 0 Å². The van der Waals surface area contributed by atoms with Crippen molar-refractivity contribution in [2.24, 2.45) is 0 Å². The number of rotatable bonds is 2. The van der Waals surface area contributed by atoms with E-state index in [-0.39, 0.29) is 0 Å². The summed E-state index contributed by atoms with van der Waals surface area (Å²) in [7, 11) is 1.67. The quantitative estimate of drug-likeness (QED) is 0.713. The van der Waals surface area contributed by atoms with Crippen molar-refractivity contribution in [2.45, 2.75) is 13.5 Å². The first-order chi connectivity index (χ1) is 7.26. The molecule has 1 heterocycles. The van der Waals surface area contributed by atoms with Crippen LogP contribution >= 0.6 is 11.6 Å². The first kappa shape index (κ1) is 10.2. The minimum Gasteiger partial charge on any atom is -0.497 e. The second-order valence-corrected chi connectivity index (χ2v) is 3.74. The molecule has 0 aliphatic carbocycles. The fraction of sp³-hybridized carbons (Fsp3) is 0.250. The monoisotopic (exact) mass is 222 g/mol. The van der Waals surface area contributed by atoms with E-state index in [1.54, 1.807) is 7.11 Å². The van der Waals surface area contributed by atoms with Crippen molar-refractivity contribution < 1.29 is 9.30 Å². The second-order valence-electron chi connectivity index (χ2n) is 3.33. The minimum absolute atomic E-state index is 0.775. The summed E-state index contributed by atoms with van der Waals surface area (Å²) in [5.41, 5.74) is 1.10. The van der Waals surface area contributed by atoms with Crippen LogP contribution in [0.2, 0.25) is 5.02 Å². The maximum Gasteiger partial charge on any atom is 0.217 e. The van der Waals surface area contributed by atoms with Gasteiger partial charge in [-0.05, 0) is 19.1 Å². The highest BCUT2D eigenvalue weighted by Gasteiger charge is 2.10. The Morgan fingerprint density at radius 3 is 2.80 bits per heavy atom. The zero-order chi connectivity index (χ0) is 10.8. The van der Waals surface area contributed by atoms with Crippen molar-refractivity contribution >= 4 is 22.5 Å². The summed E-state index contributed by atoms with van der Waals surface area (Å²) < 4.78 is 7.35. The highest BCUT2D eigenvalue weighted by molar-refractivity contribution is 6.35. The van der Waals surface area contributed by atoms with Crippen LogP contribution in [0.1, 0.15) is 6.92 Å². The van der Waals surface area contributed by atoms with Crippen LogP contribution in [0.3, 0.4) is 0 Å². The number of fused-ring (bicyclic) bond motifs is 1. The highest BCUT2D eigenvalue weighted by atomic mass is 35.5. The number of ether oxygens (including phenoxy) is 1. The lowest BCUT2D eigenvalue weighted by Crippen LogP contribution is -2.32. The molecule has 1 aromatic heterocycles. The lowest BCUT2D eigenvalue weighted by molar-refractivity contribution is -0.667. The van der Waals surface area contributed by atoms with E-state index in [4.69, 9.17) is 16.3 Å². The summed E-state index contributed by atoms with van der Waals surface area (Å²) in [6.45, 7) is 3.02. The van der Waals surface area contributed by atoms with Gasteiger partial charge in [0.1, 0.15) is 12.3 Å². The van der Waals surface area contributed by atoms with E-state index in [1.165, 1.54) is 0 Å². The van der Waals surface area contributed by atoms with Crippen molar-refractivity contribution in [3.8, 4) is 5.75 Å². The van der Waals surface area contributed by atoms with E-state index in [1.807, 2.05) is 30.5 Å². The molecule has 3 heteroatoms. The molecule has 2 aromatic rings. The molecule has 0 aliphatic heterocycles. The number of methoxy groups -OCH3 is 1. The van der Waals surface area contributed by atoms with Gasteiger partial charge < -0.3 is 4.74 Å². The lowest BCUT2D eigenvalue weighted by atomic mass is 10.2. The SMILES string of the molecule is CC[n+]1ccc(Cl)c2ccc(OC)cc21. The number of nitrogens with zero attached hydrogens (tertiary/aromatic N) is 1.